The Labute approximate surface area is 152 Å². The molecule has 0 bridgehead atoms. The molecule has 0 atom stereocenters. The monoisotopic (exact) mass is 373 g/mol. The number of pyridine rings is 1. The third kappa shape index (κ3) is 3.05. The van der Waals surface area contributed by atoms with Gasteiger partial charge in [-0.05, 0) is 30.7 Å². The predicted molar refractivity (Wildman–Crippen MR) is 90.1 cm³/mol. The van der Waals surface area contributed by atoms with Gasteiger partial charge in [0.05, 0.1) is 36.2 Å². The summed E-state index contributed by atoms with van der Waals surface area (Å²) in [6.45, 7) is 2.07. The SMILES string of the molecule is Cc1nc(C(F)(F)F)ccc1C(=O)N1Cc2cnnn2Cc2ccccc21. The van der Waals surface area contributed by atoms with E-state index >= 15 is 0 Å². The minimum atomic E-state index is -4.56. The summed E-state index contributed by atoms with van der Waals surface area (Å²) < 4.78 is 40.3. The lowest BCUT2D eigenvalue weighted by molar-refractivity contribution is -0.141. The summed E-state index contributed by atoms with van der Waals surface area (Å²) in [5.41, 5.74) is 1.43. The van der Waals surface area contributed by atoms with Crippen molar-refractivity contribution in [1.29, 1.82) is 0 Å². The number of amides is 1. The largest absolute Gasteiger partial charge is 0.433 e. The number of hydrogen-bond donors (Lipinski definition) is 0. The van der Waals surface area contributed by atoms with Crippen molar-refractivity contribution < 1.29 is 18.0 Å². The van der Waals surface area contributed by atoms with E-state index in [9.17, 15) is 18.0 Å². The second kappa shape index (κ2) is 6.19. The molecule has 3 heterocycles. The van der Waals surface area contributed by atoms with Crippen LogP contribution >= 0.6 is 0 Å². The van der Waals surface area contributed by atoms with Crippen LogP contribution in [0.3, 0.4) is 0 Å². The average molecular weight is 373 g/mol. The number of aromatic nitrogens is 4. The summed E-state index contributed by atoms with van der Waals surface area (Å²) >= 11 is 0. The normalized spacial score (nSPS) is 13.7. The average Bonchev–Trinajstić information content (AvgIpc) is 2.99. The minimum absolute atomic E-state index is 0.0307. The van der Waals surface area contributed by atoms with E-state index in [1.54, 1.807) is 16.9 Å². The summed E-state index contributed by atoms with van der Waals surface area (Å²) in [6, 6.07) is 9.36. The van der Waals surface area contributed by atoms with Crippen molar-refractivity contribution in [1.82, 2.24) is 20.0 Å². The van der Waals surface area contributed by atoms with Gasteiger partial charge in [0.25, 0.3) is 5.91 Å². The second-order valence-corrected chi connectivity index (χ2v) is 6.23. The smallest absolute Gasteiger partial charge is 0.302 e. The number of aryl methyl sites for hydroxylation is 1. The zero-order valence-corrected chi connectivity index (χ0v) is 14.2. The maximum absolute atomic E-state index is 13.2. The van der Waals surface area contributed by atoms with Crippen LogP contribution in [0.2, 0.25) is 0 Å². The van der Waals surface area contributed by atoms with Gasteiger partial charge < -0.3 is 4.90 Å². The van der Waals surface area contributed by atoms with Crippen molar-refractivity contribution >= 4 is 11.6 Å². The molecule has 2 aromatic heterocycles. The third-order valence-electron chi connectivity index (χ3n) is 4.47. The van der Waals surface area contributed by atoms with Crippen molar-refractivity contribution in [3.8, 4) is 0 Å². The molecule has 4 rings (SSSR count). The first-order valence-corrected chi connectivity index (χ1v) is 8.16. The van der Waals surface area contributed by atoms with Gasteiger partial charge in [0.1, 0.15) is 5.69 Å². The Morgan fingerprint density at radius 2 is 1.89 bits per heavy atom. The molecule has 1 aromatic carbocycles. The number of hydrogen-bond acceptors (Lipinski definition) is 4. The number of benzene rings is 1. The van der Waals surface area contributed by atoms with Crippen molar-refractivity contribution in [3.05, 3.63) is 70.8 Å². The van der Waals surface area contributed by atoms with Gasteiger partial charge in [-0.3, -0.25) is 4.79 Å². The van der Waals surface area contributed by atoms with Gasteiger partial charge in [0.2, 0.25) is 0 Å². The maximum Gasteiger partial charge on any atom is 0.433 e. The van der Waals surface area contributed by atoms with Crippen molar-refractivity contribution in [2.75, 3.05) is 4.90 Å². The van der Waals surface area contributed by atoms with Crippen LogP contribution in [0.5, 0.6) is 0 Å². The van der Waals surface area contributed by atoms with Crippen LogP contribution in [0.1, 0.15) is 33.0 Å². The van der Waals surface area contributed by atoms with E-state index in [1.807, 2.05) is 18.2 Å². The summed E-state index contributed by atoms with van der Waals surface area (Å²) in [7, 11) is 0. The maximum atomic E-state index is 13.2. The Morgan fingerprint density at radius 1 is 1.11 bits per heavy atom. The van der Waals surface area contributed by atoms with E-state index in [1.165, 1.54) is 17.9 Å². The highest BCUT2D eigenvalue weighted by molar-refractivity contribution is 6.07. The molecular formula is C18H14F3N5O. The van der Waals surface area contributed by atoms with E-state index in [2.05, 4.69) is 15.3 Å². The Bertz CT molecular complexity index is 1030. The standard InChI is InChI=1S/C18H14F3N5O/c1-11-14(6-7-16(23-11)18(19,20)21)17(27)25-10-13-8-22-24-26(13)9-12-4-2-3-5-15(12)25/h2-8H,9-10H2,1H3. The molecule has 0 N–H and O–H groups in total. The second-order valence-electron chi connectivity index (χ2n) is 6.23. The Morgan fingerprint density at radius 3 is 2.63 bits per heavy atom. The molecule has 0 saturated carbocycles. The number of para-hydroxylation sites is 1. The molecule has 6 nitrogen and oxygen atoms in total. The fourth-order valence-corrected chi connectivity index (χ4v) is 3.12. The van der Waals surface area contributed by atoms with Crippen LogP contribution in [-0.4, -0.2) is 25.9 Å². The highest BCUT2D eigenvalue weighted by Crippen LogP contribution is 2.31. The third-order valence-corrected chi connectivity index (χ3v) is 4.47. The molecule has 0 unspecified atom stereocenters. The number of halogens is 3. The zero-order valence-electron chi connectivity index (χ0n) is 14.2. The molecule has 1 aliphatic heterocycles. The molecule has 0 fully saturated rings. The number of nitrogens with zero attached hydrogens (tertiary/aromatic N) is 5. The number of alkyl halides is 3. The molecule has 1 amide bonds. The first kappa shape index (κ1) is 17.2. The van der Waals surface area contributed by atoms with Gasteiger partial charge in [0, 0.05) is 5.69 Å². The first-order valence-electron chi connectivity index (χ1n) is 8.16. The van der Waals surface area contributed by atoms with Crippen LogP contribution in [-0.2, 0) is 19.3 Å². The van der Waals surface area contributed by atoms with Gasteiger partial charge >= 0.3 is 6.18 Å². The van der Waals surface area contributed by atoms with Crippen LogP contribution < -0.4 is 4.90 Å². The number of rotatable bonds is 1. The highest BCUT2D eigenvalue weighted by atomic mass is 19.4. The van der Waals surface area contributed by atoms with Gasteiger partial charge in [-0.15, -0.1) is 5.10 Å². The molecule has 0 radical (unpaired) electrons. The highest BCUT2D eigenvalue weighted by Gasteiger charge is 2.34. The quantitative estimate of drug-likeness (QED) is 0.657. The fraction of sp³-hybridized carbons (Fsp3) is 0.222. The lowest BCUT2D eigenvalue weighted by atomic mass is 10.1. The Kier molecular flexibility index (Phi) is 3.94. The summed E-state index contributed by atoms with van der Waals surface area (Å²) in [6.07, 6.45) is -2.98. The Balaban J connectivity index is 1.77. The predicted octanol–water partition coefficient (Wildman–Crippen LogP) is 3.21. The molecule has 27 heavy (non-hydrogen) atoms. The van der Waals surface area contributed by atoms with Crippen LogP contribution in [0.4, 0.5) is 18.9 Å². The summed E-state index contributed by atoms with van der Waals surface area (Å²) in [5, 5.41) is 7.91. The van der Waals surface area contributed by atoms with Crippen molar-refractivity contribution in [3.63, 3.8) is 0 Å². The van der Waals surface area contributed by atoms with Gasteiger partial charge in [-0.2, -0.15) is 13.2 Å². The first-order chi connectivity index (χ1) is 12.8. The van der Waals surface area contributed by atoms with Gasteiger partial charge in [-0.25, -0.2) is 9.67 Å². The van der Waals surface area contributed by atoms with Crippen molar-refractivity contribution in [2.24, 2.45) is 0 Å². The number of fused-ring (bicyclic) bond motifs is 2. The molecular weight excluding hydrogens is 359 g/mol. The molecule has 0 aliphatic carbocycles. The van der Waals surface area contributed by atoms with E-state index in [0.717, 1.165) is 17.3 Å². The minimum Gasteiger partial charge on any atom is -0.302 e. The van der Waals surface area contributed by atoms with Crippen molar-refractivity contribution in [2.45, 2.75) is 26.2 Å². The number of carbonyl (C=O) groups is 1. The number of carbonyl (C=O) groups excluding carboxylic acids is 1. The lowest BCUT2D eigenvalue weighted by Gasteiger charge is -2.23. The van der Waals surface area contributed by atoms with Crippen LogP contribution in [0, 0.1) is 6.92 Å². The Hall–Kier alpha value is -3.23. The van der Waals surface area contributed by atoms with E-state index in [0.29, 0.717) is 12.2 Å². The lowest BCUT2D eigenvalue weighted by Crippen LogP contribution is -2.31. The molecule has 3 aromatic rings. The van der Waals surface area contributed by atoms with Gasteiger partial charge in [0.15, 0.2) is 0 Å². The van der Waals surface area contributed by atoms with Crippen LogP contribution in [0.25, 0.3) is 0 Å². The fourth-order valence-electron chi connectivity index (χ4n) is 3.12. The molecule has 0 saturated heterocycles. The van der Waals surface area contributed by atoms with Crippen LogP contribution in [0.15, 0.2) is 42.6 Å². The topological polar surface area (TPSA) is 63.9 Å². The molecule has 9 heteroatoms. The van der Waals surface area contributed by atoms with E-state index in [4.69, 9.17) is 0 Å². The summed E-state index contributed by atoms with van der Waals surface area (Å²) in [5.74, 6) is -0.421. The van der Waals surface area contributed by atoms with Gasteiger partial charge in [-0.1, -0.05) is 23.4 Å². The van der Waals surface area contributed by atoms with E-state index < -0.39 is 17.8 Å². The van der Waals surface area contributed by atoms with E-state index in [-0.39, 0.29) is 17.8 Å². The zero-order chi connectivity index (χ0) is 19.2. The molecule has 1 aliphatic rings. The number of anilines is 1. The molecule has 138 valence electrons. The molecule has 0 spiro atoms. The summed E-state index contributed by atoms with van der Waals surface area (Å²) in [4.78, 5) is 18.3.